The normalized spacial score (nSPS) is 10.6. The first-order valence-corrected chi connectivity index (χ1v) is 6.81. The van der Waals surface area contributed by atoms with Crippen molar-refractivity contribution in [1.82, 2.24) is 4.57 Å². The number of nitrogens with zero attached hydrogens (tertiary/aromatic N) is 2. The summed E-state index contributed by atoms with van der Waals surface area (Å²) in [6, 6.07) is 19.4. The summed E-state index contributed by atoms with van der Waals surface area (Å²) in [5, 5.41) is 9.92. The first-order chi connectivity index (χ1) is 9.78. The van der Waals surface area contributed by atoms with Crippen molar-refractivity contribution >= 4 is 10.9 Å². The van der Waals surface area contributed by atoms with E-state index in [2.05, 4.69) is 72.3 Å². The van der Waals surface area contributed by atoms with E-state index in [4.69, 9.17) is 5.26 Å². The summed E-state index contributed by atoms with van der Waals surface area (Å²) in [7, 11) is 0. The molecule has 0 atom stereocenters. The van der Waals surface area contributed by atoms with Crippen LogP contribution in [0, 0.1) is 18.3 Å². The Morgan fingerprint density at radius 2 is 1.90 bits per heavy atom. The van der Waals surface area contributed by atoms with Gasteiger partial charge in [0.2, 0.25) is 0 Å². The van der Waals surface area contributed by atoms with Crippen LogP contribution in [0.4, 0.5) is 0 Å². The first kappa shape index (κ1) is 12.5. The molecule has 0 fully saturated rings. The molecule has 1 heterocycles. The predicted molar refractivity (Wildman–Crippen MR) is 82.3 cm³/mol. The second kappa shape index (κ2) is 5.22. The van der Waals surface area contributed by atoms with E-state index in [1.165, 1.54) is 27.6 Å². The molecule has 0 saturated carbocycles. The van der Waals surface area contributed by atoms with Crippen LogP contribution >= 0.6 is 0 Å². The molecule has 20 heavy (non-hydrogen) atoms. The van der Waals surface area contributed by atoms with E-state index in [9.17, 15) is 0 Å². The number of hydrogen-bond donors (Lipinski definition) is 0. The van der Waals surface area contributed by atoms with Crippen molar-refractivity contribution in [3.05, 3.63) is 60.3 Å². The molecule has 0 radical (unpaired) electrons. The molecule has 2 aromatic carbocycles. The third-order valence-corrected chi connectivity index (χ3v) is 3.59. The van der Waals surface area contributed by atoms with Crippen LogP contribution < -0.4 is 0 Å². The average molecular weight is 260 g/mol. The highest BCUT2D eigenvalue weighted by molar-refractivity contribution is 5.85. The van der Waals surface area contributed by atoms with Crippen molar-refractivity contribution in [1.29, 1.82) is 5.26 Å². The van der Waals surface area contributed by atoms with Crippen LogP contribution in [0.25, 0.3) is 22.0 Å². The third-order valence-electron chi connectivity index (χ3n) is 3.59. The monoisotopic (exact) mass is 260 g/mol. The second-order valence-corrected chi connectivity index (χ2v) is 5.06. The van der Waals surface area contributed by atoms with E-state index >= 15 is 0 Å². The smallest absolute Gasteiger partial charge is 0.0640 e. The number of nitriles is 1. The second-order valence-electron chi connectivity index (χ2n) is 5.06. The van der Waals surface area contributed by atoms with Gasteiger partial charge >= 0.3 is 0 Å². The zero-order chi connectivity index (χ0) is 13.9. The molecule has 3 rings (SSSR count). The first-order valence-electron chi connectivity index (χ1n) is 6.81. The zero-order valence-electron chi connectivity index (χ0n) is 11.5. The summed E-state index contributed by atoms with van der Waals surface area (Å²) >= 11 is 0. The Labute approximate surface area is 118 Å². The molecule has 0 N–H and O–H groups in total. The maximum atomic E-state index is 8.69. The van der Waals surface area contributed by atoms with Gasteiger partial charge in [0.15, 0.2) is 0 Å². The van der Waals surface area contributed by atoms with Crippen molar-refractivity contribution in [2.75, 3.05) is 0 Å². The van der Waals surface area contributed by atoms with E-state index in [1.807, 2.05) is 0 Å². The number of aryl methyl sites for hydroxylation is 2. The molecule has 98 valence electrons. The lowest BCUT2D eigenvalue weighted by Crippen LogP contribution is -1.94. The highest BCUT2D eigenvalue weighted by atomic mass is 14.9. The van der Waals surface area contributed by atoms with Crippen LogP contribution in [0.1, 0.15) is 12.0 Å². The molecule has 0 aliphatic carbocycles. The Hall–Kier alpha value is -2.53. The molecular formula is C18H16N2. The van der Waals surface area contributed by atoms with Crippen LogP contribution in [0.3, 0.4) is 0 Å². The molecular weight excluding hydrogens is 244 g/mol. The highest BCUT2D eigenvalue weighted by Crippen LogP contribution is 2.26. The van der Waals surface area contributed by atoms with Crippen LogP contribution in [0.15, 0.2) is 54.7 Å². The van der Waals surface area contributed by atoms with E-state index in [0.29, 0.717) is 6.42 Å². The SMILES string of the molecule is Cc1cccc(-c2ccc3c(ccn3CCC#N)c2)c1. The quantitative estimate of drug-likeness (QED) is 0.680. The molecule has 0 bridgehead atoms. The van der Waals surface area contributed by atoms with Gasteiger partial charge in [0.1, 0.15) is 0 Å². The van der Waals surface area contributed by atoms with Crippen molar-refractivity contribution in [2.45, 2.75) is 19.9 Å². The van der Waals surface area contributed by atoms with Gasteiger partial charge in [-0.15, -0.1) is 0 Å². The molecule has 3 aromatic rings. The highest BCUT2D eigenvalue weighted by Gasteiger charge is 2.04. The van der Waals surface area contributed by atoms with Crippen molar-refractivity contribution < 1.29 is 0 Å². The fraction of sp³-hybridized carbons (Fsp3) is 0.167. The Morgan fingerprint density at radius 3 is 2.70 bits per heavy atom. The molecule has 0 saturated heterocycles. The standard InChI is InChI=1S/C18H16N2/c1-14-4-2-5-15(12-14)16-6-7-18-17(13-16)8-11-20(18)10-3-9-19/h2,4-8,11-13H,3,10H2,1H3. The van der Waals surface area contributed by atoms with Crippen LogP contribution in [0.2, 0.25) is 0 Å². The average Bonchev–Trinajstić information content (AvgIpc) is 2.87. The summed E-state index contributed by atoms with van der Waals surface area (Å²) < 4.78 is 2.14. The lowest BCUT2D eigenvalue weighted by Gasteiger charge is -2.05. The van der Waals surface area contributed by atoms with Crippen molar-refractivity contribution in [2.24, 2.45) is 0 Å². The topological polar surface area (TPSA) is 28.7 Å². The molecule has 0 amide bonds. The molecule has 0 aliphatic rings. The van der Waals surface area contributed by atoms with E-state index in [1.54, 1.807) is 0 Å². The number of benzene rings is 2. The number of rotatable bonds is 3. The van der Waals surface area contributed by atoms with Gasteiger partial charge in [-0.1, -0.05) is 35.9 Å². The fourth-order valence-electron chi connectivity index (χ4n) is 2.57. The lowest BCUT2D eigenvalue weighted by molar-refractivity contribution is 0.744. The molecule has 0 unspecified atom stereocenters. The van der Waals surface area contributed by atoms with Gasteiger partial charge in [0, 0.05) is 23.6 Å². The van der Waals surface area contributed by atoms with E-state index in [-0.39, 0.29) is 0 Å². The van der Waals surface area contributed by atoms with Gasteiger partial charge in [-0.2, -0.15) is 5.26 Å². The Kier molecular flexibility index (Phi) is 3.26. The Balaban J connectivity index is 2.02. The van der Waals surface area contributed by atoms with Gasteiger partial charge < -0.3 is 4.57 Å². The van der Waals surface area contributed by atoms with Gasteiger partial charge in [-0.3, -0.25) is 0 Å². The lowest BCUT2D eigenvalue weighted by atomic mass is 10.0. The molecule has 2 heteroatoms. The summed E-state index contributed by atoms with van der Waals surface area (Å²) in [6.45, 7) is 2.87. The fourth-order valence-corrected chi connectivity index (χ4v) is 2.57. The Morgan fingerprint density at radius 1 is 1.05 bits per heavy atom. The maximum absolute atomic E-state index is 8.69. The van der Waals surface area contributed by atoms with Gasteiger partial charge in [0.25, 0.3) is 0 Å². The minimum atomic E-state index is 0.545. The van der Waals surface area contributed by atoms with Gasteiger partial charge in [-0.05, 0) is 36.2 Å². The van der Waals surface area contributed by atoms with Crippen LogP contribution in [-0.4, -0.2) is 4.57 Å². The van der Waals surface area contributed by atoms with Gasteiger partial charge in [0.05, 0.1) is 12.5 Å². The molecule has 0 spiro atoms. The van der Waals surface area contributed by atoms with Crippen molar-refractivity contribution in [3.8, 4) is 17.2 Å². The summed E-state index contributed by atoms with van der Waals surface area (Å²) in [6.07, 6.45) is 2.60. The Bertz CT molecular complexity index is 791. The number of fused-ring (bicyclic) bond motifs is 1. The minimum Gasteiger partial charge on any atom is -0.346 e. The van der Waals surface area contributed by atoms with Crippen LogP contribution in [-0.2, 0) is 6.54 Å². The van der Waals surface area contributed by atoms with Crippen LogP contribution in [0.5, 0.6) is 0 Å². The summed E-state index contributed by atoms with van der Waals surface area (Å²) in [4.78, 5) is 0. The van der Waals surface area contributed by atoms with Crippen molar-refractivity contribution in [3.63, 3.8) is 0 Å². The predicted octanol–water partition coefficient (Wildman–Crippen LogP) is 4.53. The van der Waals surface area contributed by atoms with Gasteiger partial charge in [-0.25, -0.2) is 0 Å². The minimum absolute atomic E-state index is 0.545. The summed E-state index contributed by atoms with van der Waals surface area (Å²) in [5.41, 5.74) is 4.95. The van der Waals surface area contributed by atoms with E-state index < -0.39 is 0 Å². The van der Waals surface area contributed by atoms with E-state index in [0.717, 1.165) is 6.54 Å². The molecule has 2 nitrogen and oxygen atoms in total. The third kappa shape index (κ3) is 2.31. The summed E-state index contributed by atoms with van der Waals surface area (Å²) in [5.74, 6) is 0. The molecule has 1 aromatic heterocycles. The number of aromatic nitrogens is 1. The molecule has 0 aliphatic heterocycles. The largest absolute Gasteiger partial charge is 0.346 e. The zero-order valence-corrected chi connectivity index (χ0v) is 11.5. The maximum Gasteiger partial charge on any atom is 0.0640 e. The number of hydrogen-bond acceptors (Lipinski definition) is 1.